The highest BCUT2D eigenvalue weighted by Gasteiger charge is 2.25. The summed E-state index contributed by atoms with van der Waals surface area (Å²) in [6.45, 7) is 1.35. The number of hydrogen-bond donors (Lipinski definition) is 1. The minimum absolute atomic E-state index is 0.0347. The first-order valence-corrected chi connectivity index (χ1v) is 4.66. The maximum absolute atomic E-state index is 12.7. The summed E-state index contributed by atoms with van der Waals surface area (Å²) >= 11 is 0. The molecule has 16 heavy (non-hydrogen) atoms. The zero-order chi connectivity index (χ0) is 12.3. The van der Waals surface area contributed by atoms with Crippen molar-refractivity contribution in [3.05, 3.63) is 29.3 Å². The number of halogens is 2. The van der Waals surface area contributed by atoms with Gasteiger partial charge >= 0.3 is 5.97 Å². The topological polar surface area (TPSA) is 46.5 Å². The summed E-state index contributed by atoms with van der Waals surface area (Å²) in [5.74, 6) is -2.01. The fraction of sp³-hybridized carbons (Fsp3) is 0.364. The van der Waals surface area contributed by atoms with Crippen molar-refractivity contribution in [3.63, 3.8) is 0 Å². The molecule has 0 aliphatic carbocycles. The van der Waals surface area contributed by atoms with Gasteiger partial charge in [0.15, 0.2) is 0 Å². The van der Waals surface area contributed by atoms with Crippen LogP contribution in [0.25, 0.3) is 0 Å². The summed E-state index contributed by atoms with van der Waals surface area (Å²) in [7, 11) is 1.32. The van der Waals surface area contributed by atoms with E-state index < -0.39 is 18.3 Å². The molecule has 5 heteroatoms. The highest BCUT2D eigenvalue weighted by Crippen LogP contribution is 2.35. The average Bonchev–Trinajstić information content (AvgIpc) is 2.26. The van der Waals surface area contributed by atoms with Gasteiger partial charge in [-0.2, -0.15) is 0 Å². The van der Waals surface area contributed by atoms with Crippen LogP contribution in [0, 0.1) is 0 Å². The quantitative estimate of drug-likeness (QED) is 0.865. The van der Waals surface area contributed by atoms with E-state index in [0.717, 1.165) is 0 Å². The summed E-state index contributed by atoms with van der Waals surface area (Å²) < 4.78 is 30.3. The first kappa shape index (κ1) is 12.4. The van der Waals surface area contributed by atoms with Gasteiger partial charge in [-0.05, 0) is 13.0 Å². The lowest BCUT2D eigenvalue weighted by atomic mass is 9.95. The van der Waals surface area contributed by atoms with Crippen LogP contribution in [-0.2, 0) is 4.79 Å². The van der Waals surface area contributed by atoms with Gasteiger partial charge in [-0.1, -0.05) is 12.1 Å². The Morgan fingerprint density at radius 2 is 2.06 bits per heavy atom. The van der Waals surface area contributed by atoms with E-state index in [1.54, 1.807) is 0 Å². The van der Waals surface area contributed by atoms with Crippen LogP contribution in [0.3, 0.4) is 0 Å². The number of carboxylic acid groups (broad SMARTS) is 1. The first-order valence-electron chi connectivity index (χ1n) is 4.66. The summed E-state index contributed by atoms with van der Waals surface area (Å²) in [4.78, 5) is 10.8. The maximum atomic E-state index is 12.7. The van der Waals surface area contributed by atoms with Crippen molar-refractivity contribution in [1.29, 1.82) is 0 Å². The van der Waals surface area contributed by atoms with E-state index in [0.29, 0.717) is 0 Å². The predicted molar refractivity (Wildman–Crippen MR) is 54.0 cm³/mol. The number of ether oxygens (including phenoxy) is 1. The molecular weight excluding hydrogens is 218 g/mol. The van der Waals surface area contributed by atoms with Gasteiger partial charge < -0.3 is 9.84 Å². The number of carbonyl (C=O) groups is 1. The van der Waals surface area contributed by atoms with Crippen LogP contribution in [0.5, 0.6) is 5.75 Å². The van der Waals surface area contributed by atoms with Crippen LogP contribution < -0.4 is 4.74 Å². The molecule has 1 N–H and O–H groups in total. The van der Waals surface area contributed by atoms with Crippen LogP contribution in [0.2, 0.25) is 0 Å². The van der Waals surface area contributed by atoms with Gasteiger partial charge in [0.1, 0.15) is 5.75 Å². The fourth-order valence-corrected chi connectivity index (χ4v) is 1.52. The Bertz CT molecular complexity index is 391. The highest BCUT2D eigenvalue weighted by molar-refractivity contribution is 5.77. The minimum Gasteiger partial charge on any atom is -0.496 e. The van der Waals surface area contributed by atoms with Crippen LogP contribution in [-0.4, -0.2) is 18.2 Å². The number of aliphatic carboxylic acids is 1. The number of carboxylic acids is 1. The Morgan fingerprint density at radius 1 is 1.44 bits per heavy atom. The SMILES string of the molecule is COc1cccc(C(F)F)c1C(C)C(=O)O. The second kappa shape index (κ2) is 4.92. The Hall–Kier alpha value is -1.65. The molecule has 0 saturated heterocycles. The molecule has 88 valence electrons. The average molecular weight is 230 g/mol. The Balaban J connectivity index is 3.35. The molecule has 1 atom stereocenters. The first-order chi connectivity index (χ1) is 7.49. The molecule has 1 unspecified atom stereocenters. The van der Waals surface area contributed by atoms with Gasteiger partial charge in [0.2, 0.25) is 0 Å². The fourth-order valence-electron chi connectivity index (χ4n) is 1.52. The molecule has 0 saturated carbocycles. The molecule has 0 aliphatic heterocycles. The molecule has 1 rings (SSSR count). The van der Waals surface area contributed by atoms with Crippen LogP contribution in [0.1, 0.15) is 30.4 Å². The summed E-state index contributed by atoms with van der Waals surface area (Å²) in [6.07, 6.45) is -2.72. The van der Waals surface area contributed by atoms with E-state index in [1.165, 1.54) is 32.2 Å². The number of alkyl halides is 2. The van der Waals surface area contributed by atoms with Gasteiger partial charge in [-0.25, -0.2) is 8.78 Å². The monoisotopic (exact) mass is 230 g/mol. The minimum atomic E-state index is -2.72. The van der Waals surface area contributed by atoms with Crippen LogP contribution in [0.15, 0.2) is 18.2 Å². The molecule has 0 aromatic heterocycles. The lowest BCUT2D eigenvalue weighted by Gasteiger charge is -2.16. The van der Waals surface area contributed by atoms with Crippen molar-refractivity contribution in [2.75, 3.05) is 7.11 Å². The van der Waals surface area contributed by atoms with Crippen LogP contribution in [0.4, 0.5) is 8.78 Å². The van der Waals surface area contributed by atoms with Crippen molar-refractivity contribution in [2.24, 2.45) is 0 Å². The molecule has 1 aromatic carbocycles. The van der Waals surface area contributed by atoms with Crippen molar-refractivity contribution >= 4 is 5.97 Å². The second-order valence-electron chi connectivity index (χ2n) is 3.32. The molecule has 3 nitrogen and oxygen atoms in total. The molecule has 0 aliphatic rings. The Kier molecular flexibility index (Phi) is 3.82. The lowest BCUT2D eigenvalue weighted by molar-refractivity contribution is -0.138. The Morgan fingerprint density at radius 3 is 2.50 bits per heavy atom. The van der Waals surface area contributed by atoms with E-state index >= 15 is 0 Å². The lowest BCUT2D eigenvalue weighted by Crippen LogP contribution is -2.11. The largest absolute Gasteiger partial charge is 0.496 e. The maximum Gasteiger partial charge on any atom is 0.310 e. The van der Waals surface area contributed by atoms with Gasteiger partial charge in [0, 0.05) is 11.1 Å². The van der Waals surface area contributed by atoms with E-state index in [1.807, 2.05) is 0 Å². The van der Waals surface area contributed by atoms with E-state index in [-0.39, 0.29) is 16.9 Å². The molecule has 0 radical (unpaired) electrons. The second-order valence-corrected chi connectivity index (χ2v) is 3.32. The van der Waals surface area contributed by atoms with Crippen molar-refractivity contribution in [3.8, 4) is 5.75 Å². The van der Waals surface area contributed by atoms with Crippen LogP contribution >= 0.6 is 0 Å². The van der Waals surface area contributed by atoms with E-state index in [9.17, 15) is 13.6 Å². The molecule has 0 fully saturated rings. The van der Waals surface area contributed by atoms with Gasteiger partial charge in [-0.15, -0.1) is 0 Å². The van der Waals surface area contributed by atoms with Crippen molar-refractivity contribution in [1.82, 2.24) is 0 Å². The zero-order valence-corrected chi connectivity index (χ0v) is 8.91. The molecule has 0 bridgehead atoms. The molecular formula is C11H12F2O3. The summed E-state index contributed by atoms with van der Waals surface area (Å²) in [5.41, 5.74) is -0.262. The third-order valence-corrected chi connectivity index (χ3v) is 2.36. The third kappa shape index (κ3) is 2.29. The molecule has 0 spiro atoms. The summed E-state index contributed by atoms with van der Waals surface area (Å²) in [6, 6.07) is 4.10. The number of benzene rings is 1. The van der Waals surface area contributed by atoms with Gasteiger partial charge in [-0.3, -0.25) is 4.79 Å². The smallest absolute Gasteiger partial charge is 0.310 e. The molecule has 0 amide bonds. The molecule has 0 heterocycles. The number of rotatable bonds is 4. The van der Waals surface area contributed by atoms with E-state index in [2.05, 4.69) is 0 Å². The predicted octanol–water partition coefficient (Wildman–Crippen LogP) is 2.82. The standard InChI is InChI=1S/C11H12F2O3/c1-6(11(14)15)9-7(10(12)13)4-3-5-8(9)16-2/h3-6,10H,1-2H3,(H,14,15). The summed E-state index contributed by atoms with van der Waals surface area (Å²) in [5, 5.41) is 8.86. The highest BCUT2D eigenvalue weighted by atomic mass is 19.3. The third-order valence-electron chi connectivity index (χ3n) is 2.36. The Labute approximate surface area is 91.7 Å². The van der Waals surface area contributed by atoms with Gasteiger partial charge in [0.25, 0.3) is 6.43 Å². The number of hydrogen-bond acceptors (Lipinski definition) is 2. The van der Waals surface area contributed by atoms with Crippen molar-refractivity contribution < 1.29 is 23.4 Å². The van der Waals surface area contributed by atoms with Gasteiger partial charge in [0.05, 0.1) is 13.0 Å². The number of methoxy groups -OCH3 is 1. The zero-order valence-electron chi connectivity index (χ0n) is 8.91. The van der Waals surface area contributed by atoms with E-state index in [4.69, 9.17) is 9.84 Å². The molecule has 1 aromatic rings. The van der Waals surface area contributed by atoms with Crippen molar-refractivity contribution in [2.45, 2.75) is 19.3 Å². The normalized spacial score (nSPS) is 12.6.